The lowest BCUT2D eigenvalue weighted by Crippen LogP contribution is -1.86. The van der Waals surface area contributed by atoms with E-state index in [1.54, 1.807) is 0 Å². The minimum atomic E-state index is 0.706. The van der Waals surface area contributed by atoms with Crippen molar-refractivity contribution in [2.75, 3.05) is 0 Å². The van der Waals surface area contributed by atoms with Gasteiger partial charge in [0.15, 0.2) is 0 Å². The third-order valence-electron chi connectivity index (χ3n) is 6.38. The summed E-state index contributed by atoms with van der Waals surface area (Å²) in [5.74, 6) is 0. The van der Waals surface area contributed by atoms with Gasteiger partial charge in [-0.25, -0.2) is 0 Å². The van der Waals surface area contributed by atoms with Crippen LogP contribution in [-0.2, 0) is 0 Å². The van der Waals surface area contributed by atoms with Crippen molar-refractivity contribution in [1.82, 2.24) is 0 Å². The Kier molecular flexibility index (Phi) is 3.93. The molecule has 0 aliphatic rings. The molecule has 0 bridgehead atoms. The second-order valence-corrected chi connectivity index (χ2v) is 8.66. The van der Waals surface area contributed by atoms with E-state index in [4.69, 9.17) is 20.4 Å². The van der Waals surface area contributed by atoms with E-state index >= 15 is 0 Å². The van der Waals surface area contributed by atoms with Crippen LogP contribution in [0.2, 0.25) is 5.02 Å². The summed E-state index contributed by atoms with van der Waals surface area (Å²) in [5, 5.41) is 4.96. The number of furan rings is 2. The van der Waals surface area contributed by atoms with Crippen molar-refractivity contribution in [1.29, 1.82) is 0 Å². The van der Waals surface area contributed by atoms with Gasteiger partial charge < -0.3 is 8.83 Å². The predicted molar refractivity (Wildman–Crippen MR) is 137 cm³/mol. The van der Waals surface area contributed by atoms with Gasteiger partial charge in [-0.1, -0.05) is 78.3 Å². The zero-order chi connectivity index (χ0) is 21.9. The Labute approximate surface area is 194 Å². The number of benzene rings is 5. The van der Waals surface area contributed by atoms with Crippen LogP contribution in [-0.4, -0.2) is 0 Å². The average molecular weight is 445 g/mol. The maximum absolute atomic E-state index is 6.46. The van der Waals surface area contributed by atoms with Crippen molar-refractivity contribution in [3.05, 3.63) is 108 Å². The molecule has 2 nitrogen and oxygen atoms in total. The maximum Gasteiger partial charge on any atom is 0.136 e. The molecule has 0 spiro atoms. The molecule has 0 aliphatic carbocycles. The van der Waals surface area contributed by atoms with E-state index in [0.717, 1.165) is 66.1 Å². The SMILES string of the molecule is Clc1cccc2oc3cc(-c4ccccc4-c4cccc5oc6ccccc6c45)ccc3c12. The van der Waals surface area contributed by atoms with E-state index in [9.17, 15) is 0 Å². The van der Waals surface area contributed by atoms with Crippen LogP contribution in [0.3, 0.4) is 0 Å². The van der Waals surface area contributed by atoms with Crippen molar-refractivity contribution in [3.63, 3.8) is 0 Å². The van der Waals surface area contributed by atoms with Gasteiger partial charge in [-0.15, -0.1) is 0 Å². The topological polar surface area (TPSA) is 26.3 Å². The smallest absolute Gasteiger partial charge is 0.136 e. The van der Waals surface area contributed by atoms with Crippen molar-refractivity contribution in [2.45, 2.75) is 0 Å². The Morgan fingerprint density at radius 3 is 2.00 bits per heavy atom. The molecular weight excluding hydrogens is 428 g/mol. The molecule has 33 heavy (non-hydrogen) atoms. The van der Waals surface area contributed by atoms with Gasteiger partial charge in [0.2, 0.25) is 0 Å². The first-order valence-electron chi connectivity index (χ1n) is 10.9. The van der Waals surface area contributed by atoms with Crippen molar-refractivity contribution in [3.8, 4) is 22.3 Å². The van der Waals surface area contributed by atoms with Crippen LogP contribution >= 0.6 is 11.6 Å². The molecule has 2 aromatic heterocycles. The molecule has 5 aromatic carbocycles. The number of rotatable bonds is 2. The number of para-hydroxylation sites is 1. The lowest BCUT2D eigenvalue weighted by molar-refractivity contribution is 0.668. The summed E-state index contributed by atoms with van der Waals surface area (Å²) in [4.78, 5) is 0. The molecule has 3 heteroatoms. The zero-order valence-corrected chi connectivity index (χ0v) is 18.3. The Bertz CT molecular complexity index is 1840. The van der Waals surface area contributed by atoms with Gasteiger partial charge in [0.05, 0.1) is 5.02 Å². The third-order valence-corrected chi connectivity index (χ3v) is 6.69. The largest absolute Gasteiger partial charge is 0.456 e. The molecule has 0 fully saturated rings. The minimum Gasteiger partial charge on any atom is -0.456 e. The molecule has 0 amide bonds. The van der Waals surface area contributed by atoms with E-state index < -0.39 is 0 Å². The van der Waals surface area contributed by atoms with Gasteiger partial charge in [0, 0.05) is 21.5 Å². The van der Waals surface area contributed by atoms with Crippen molar-refractivity contribution in [2.24, 2.45) is 0 Å². The van der Waals surface area contributed by atoms with E-state index in [0.29, 0.717) is 5.02 Å². The quantitative estimate of drug-likeness (QED) is 0.265. The first kappa shape index (κ1) is 18.6. The highest BCUT2D eigenvalue weighted by molar-refractivity contribution is 6.37. The van der Waals surface area contributed by atoms with Crippen LogP contribution in [0.4, 0.5) is 0 Å². The Hall–Kier alpha value is -4.01. The van der Waals surface area contributed by atoms with Crippen molar-refractivity contribution < 1.29 is 8.83 Å². The Morgan fingerprint density at radius 1 is 0.455 bits per heavy atom. The molecule has 0 saturated carbocycles. The fourth-order valence-corrected chi connectivity index (χ4v) is 5.19. The Balaban J connectivity index is 1.49. The Morgan fingerprint density at radius 2 is 1.09 bits per heavy atom. The molecule has 0 N–H and O–H groups in total. The molecule has 0 atom stereocenters. The summed E-state index contributed by atoms with van der Waals surface area (Å²) in [6, 6.07) is 35.1. The second kappa shape index (κ2) is 6.99. The highest BCUT2D eigenvalue weighted by Gasteiger charge is 2.16. The first-order valence-corrected chi connectivity index (χ1v) is 11.3. The monoisotopic (exact) mass is 444 g/mol. The summed E-state index contributed by atoms with van der Waals surface area (Å²) in [6.45, 7) is 0. The minimum absolute atomic E-state index is 0.706. The molecule has 0 aliphatic heterocycles. The summed E-state index contributed by atoms with van der Waals surface area (Å²) in [6.07, 6.45) is 0. The van der Waals surface area contributed by atoms with Crippen molar-refractivity contribution >= 4 is 55.5 Å². The molecule has 2 heterocycles. The molecular formula is C30H17ClO2. The maximum atomic E-state index is 6.46. The summed E-state index contributed by atoms with van der Waals surface area (Å²) in [5.41, 5.74) is 7.98. The first-order chi connectivity index (χ1) is 16.3. The molecule has 0 unspecified atom stereocenters. The van der Waals surface area contributed by atoms with E-state index in [1.807, 2.05) is 36.4 Å². The zero-order valence-electron chi connectivity index (χ0n) is 17.5. The number of hydrogen-bond acceptors (Lipinski definition) is 2. The summed E-state index contributed by atoms with van der Waals surface area (Å²) < 4.78 is 12.3. The van der Waals surface area contributed by atoms with Gasteiger partial charge in [-0.2, -0.15) is 0 Å². The van der Waals surface area contributed by atoms with Crippen LogP contribution in [0.5, 0.6) is 0 Å². The number of halogens is 1. The third kappa shape index (κ3) is 2.75. The number of hydrogen-bond donors (Lipinski definition) is 0. The highest BCUT2D eigenvalue weighted by atomic mass is 35.5. The standard InChI is InChI=1S/C30H17ClO2/c31-24-11-6-14-27-30(24)23-16-15-18(17-28(23)33-27)19-7-1-2-8-20(19)21-10-5-13-26-29(21)22-9-3-4-12-25(22)32-26/h1-17H. The van der Waals surface area contributed by atoms with E-state index in [-0.39, 0.29) is 0 Å². The van der Waals surface area contributed by atoms with Crippen LogP contribution in [0.15, 0.2) is 112 Å². The second-order valence-electron chi connectivity index (χ2n) is 8.25. The van der Waals surface area contributed by atoms with Gasteiger partial charge in [-0.3, -0.25) is 0 Å². The normalized spacial score (nSPS) is 11.8. The van der Waals surface area contributed by atoms with Gasteiger partial charge in [0.1, 0.15) is 22.3 Å². The molecule has 0 radical (unpaired) electrons. The lowest BCUT2D eigenvalue weighted by Gasteiger charge is -2.11. The van der Waals surface area contributed by atoms with Gasteiger partial charge in [-0.05, 0) is 58.7 Å². The molecule has 0 saturated heterocycles. The van der Waals surface area contributed by atoms with Gasteiger partial charge >= 0.3 is 0 Å². The lowest BCUT2D eigenvalue weighted by atomic mass is 9.91. The molecule has 156 valence electrons. The molecule has 7 rings (SSSR count). The number of fused-ring (bicyclic) bond motifs is 6. The van der Waals surface area contributed by atoms with E-state index in [2.05, 4.69) is 66.7 Å². The van der Waals surface area contributed by atoms with Gasteiger partial charge in [0.25, 0.3) is 0 Å². The van der Waals surface area contributed by atoms with Crippen LogP contribution < -0.4 is 0 Å². The van der Waals surface area contributed by atoms with E-state index in [1.165, 1.54) is 0 Å². The fraction of sp³-hybridized carbons (Fsp3) is 0. The van der Waals surface area contributed by atoms with Crippen LogP contribution in [0.1, 0.15) is 0 Å². The average Bonchev–Trinajstić information content (AvgIpc) is 3.42. The molecule has 7 aromatic rings. The van der Waals surface area contributed by atoms with Crippen LogP contribution in [0.25, 0.3) is 66.1 Å². The fourth-order valence-electron chi connectivity index (χ4n) is 4.92. The highest BCUT2D eigenvalue weighted by Crippen LogP contribution is 2.42. The predicted octanol–water partition coefficient (Wildman–Crippen LogP) is 9.47. The summed E-state index contributed by atoms with van der Waals surface area (Å²) >= 11 is 6.46. The van der Waals surface area contributed by atoms with Crippen LogP contribution in [0, 0.1) is 0 Å². The summed E-state index contributed by atoms with van der Waals surface area (Å²) in [7, 11) is 0.